The molecular weight excluding hydrogens is 407 g/mol. The van der Waals surface area contributed by atoms with Gasteiger partial charge in [0.05, 0.1) is 42.0 Å². The van der Waals surface area contributed by atoms with Gasteiger partial charge in [-0.1, -0.05) is 24.3 Å². The summed E-state index contributed by atoms with van der Waals surface area (Å²) in [7, 11) is 0. The fourth-order valence-electron chi connectivity index (χ4n) is 3.37. The van der Waals surface area contributed by atoms with E-state index in [2.05, 4.69) is 25.3 Å². The van der Waals surface area contributed by atoms with Gasteiger partial charge in [0.15, 0.2) is 0 Å². The predicted octanol–water partition coefficient (Wildman–Crippen LogP) is 3.92. The molecule has 5 aromatic rings. The molecule has 7 nitrogen and oxygen atoms in total. The molecule has 0 aliphatic carbocycles. The van der Waals surface area contributed by atoms with Crippen LogP contribution in [0.5, 0.6) is 0 Å². The third-order valence-electron chi connectivity index (χ3n) is 4.99. The van der Waals surface area contributed by atoms with Gasteiger partial charge in [-0.05, 0) is 24.3 Å². The Bertz CT molecular complexity index is 1400. The molecule has 1 N–H and O–H groups in total. The second kappa shape index (κ2) is 8.35. The summed E-state index contributed by atoms with van der Waals surface area (Å²) >= 11 is 0. The number of hydrogen-bond donors (Lipinski definition) is 1. The van der Waals surface area contributed by atoms with E-state index in [9.17, 15) is 9.18 Å². The van der Waals surface area contributed by atoms with Crippen molar-refractivity contribution in [1.29, 1.82) is 0 Å². The monoisotopic (exact) mass is 424 g/mol. The van der Waals surface area contributed by atoms with Gasteiger partial charge in [-0.3, -0.25) is 24.1 Å². The summed E-state index contributed by atoms with van der Waals surface area (Å²) in [5.74, 6) is 0.183. The minimum Gasteiger partial charge on any atom is -0.346 e. The highest BCUT2D eigenvalue weighted by molar-refractivity contribution is 5.94. The van der Waals surface area contributed by atoms with E-state index in [-0.39, 0.29) is 11.7 Å². The predicted molar refractivity (Wildman–Crippen MR) is 117 cm³/mol. The quantitative estimate of drug-likeness (QED) is 0.462. The van der Waals surface area contributed by atoms with Crippen LogP contribution in [0.4, 0.5) is 4.39 Å². The third-order valence-corrected chi connectivity index (χ3v) is 4.99. The Hall–Kier alpha value is -4.46. The topological polar surface area (TPSA) is 85.1 Å². The van der Waals surface area contributed by atoms with Crippen molar-refractivity contribution in [3.05, 3.63) is 103 Å². The van der Waals surface area contributed by atoms with E-state index in [1.165, 1.54) is 12.1 Å². The lowest BCUT2D eigenvalue weighted by Crippen LogP contribution is -2.23. The van der Waals surface area contributed by atoms with Crippen molar-refractivity contribution in [3.8, 4) is 22.6 Å². The molecule has 0 unspecified atom stereocenters. The summed E-state index contributed by atoms with van der Waals surface area (Å²) < 4.78 is 15.5. The first kappa shape index (κ1) is 19.5. The third kappa shape index (κ3) is 3.93. The largest absolute Gasteiger partial charge is 0.346 e. The van der Waals surface area contributed by atoms with Crippen LogP contribution in [-0.2, 0) is 6.54 Å². The molecule has 0 saturated carbocycles. The van der Waals surface area contributed by atoms with Crippen LogP contribution in [0.25, 0.3) is 28.2 Å². The van der Waals surface area contributed by atoms with Crippen LogP contribution in [0.3, 0.4) is 0 Å². The zero-order chi connectivity index (χ0) is 21.9. The molecule has 3 aromatic heterocycles. The van der Waals surface area contributed by atoms with E-state index in [1.54, 1.807) is 49.2 Å². The van der Waals surface area contributed by atoms with Crippen molar-refractivity contribution >= 4 is 11.4 Å². The van der Waals surface area contributed by atoms with Crippen molar-refractivity contribution < 1.29 is 9.18 Å². The Morgan fingerprint density at radius 2 is 1.78 bits per heavy atom. The maximum absolute atomic E-state index is 13.6. The maximum atomic E-state index is 13.6. The molecule has 3 heterocycles. The summed E-state index contributed by atoms with van der Waals surface area (Å²) in [6.07, 6.45) is 10.0. The van der Waals surface area contributed by atoms with Gasteiger partial charge in [0, 0.05) is 35.3 Å². The van der Waals surface area contributed by atoms with Crippen LogP contribution in [0.15, 0.2) is 85.7 Å². The summed E-state index contributed by atoms with van der Waals surface area (Å²) in [6.45, 7) is 0.301. The number of carbonyl (C=O) groups is 1. The number of carbonyl (C=O) groups excluding carboxylic acids is 1. The maximum Gasteiger partial charge on any atom is 0.251 e. The van der Waals surface area contributed by atoms with Gasteiger partial charge in [0.2, 0.25) is 0 Å². The van der Waals surface area contributed by atoms with Crippen LogP contribution in [0.1, 0.15) is 16.1 Å². The molecule has 0 radical (unpaired) electrons. The Morgan fingerprint density at radius 1 is 0.938 bits per heavy atom. The zero-order valence-electron chi connectivity index (χ0n) is 16.8. The summed E-state index contributed by atoms with van der Waals surface area (Å²) in [4.78, 5) is 29.5. The smallest absolute Gasteiger partial charge is 0.251 e. The molecule has 1 amide bonds. The number of amides is 1. The number of imidazole rings is 1. The lowest BCUT2D eigenvalue weighted by Gasteiger charge is -2.07. The fraction of sp³-hybridized carbons (Fsp3) is 0.0417. The SMILES string of the molecule is O=C(NCc1cnccn1)c1ccc(-c2ncc3cnc(-c4cccc(F)c4)cn23)cc1. The minimum atomic E-state index is -0.316. The molecule has 5 rings (SSSR count). The highest BCUT2D eigenvalue weighted by Crippen LogP contribution is 2.24. The van der Waals surface area contributed by atoms with Crippen LogP contribution in [-0.4, -0.2) is 30.2 Å². The Balaban J connectivity index is 1.39. The number of halogens is 1. The van der Waals surface area contributed by atoms with Gasteiger partial charge in [0.25, 0.3) is 5.91 Å². The van der Waals surface area contributed by atoms with Crippen molar-refractivity contribution in [2.75, 3.05) is 0 Å². The zero-order valence-corrected chi connectivity index (χ0v) is 16.8. The van der Waals surface area contributed by atoms with Crippen molar-refractivity contribution in [2.24, 2.45) is 0 Å². The molecule has 156 valence electrons. The fourth-order valence-corrected chi connectivity index (χ4v) is 3.37. The van der Waals surface area contributed by atoms with Gasteiger partial charge in [-0.15, -0.1) is 0 Å². The van der Waals surface area contributed by atoms with Crippen LogP contribution in [0.2, 0.25) is 0 Å². The summed E-state index contributed by atoms with van der Waals surface area (Å²) in [5.41, 5.74) is 4.18. The van der Waals surface area contributed by atoms with E-state index in [4.69, 9.17) is 0 Å². The van der Waals surface area contributed by atoms with Gasteiger partial charge in [-0.2, -0.15) is 0 Å². The van der Waals surface area contributed by atoms with E-state index in [0.717, 1.165) is 11.1 Å². The minimum absolute atomic E-state index is 0.201. The Labute approximate surface area is 182 Å². The highest BCUT2D eigenvalue weighted by atomic mass is 19.1. The number of rotatable bonds is 5. The molecule has 0 spiro atoms. The summed E-state index contributed by atoms with van der Waals surface area (Å²) in [6, 6.07) is 13.5. The Kier molecular flexibility index (Phi) is 5.09. The van der Waals surface area contributed by atoms with E-state index < -0.39 is 0 Å². The molecule has 0 saturated heterocycles. The average Bonchev–Trinajstić information content (AvgIpc) is 3.26. The second-order valence-corrected chi connectivity index (χ2v) is 7.12. The molecule has 8 heteroatoms. The van der Waals surface area contributed by atoms with E-state index >= 15 is 0 Å². The standard InChI is InChI=1S/C24H17FN6O/c25-19-3-1-2-18(10-19)22-15-31-21(13-28-22)14-29-23(31)16-4-6-17(7-5-16)24(32)30-12-20-11-26-8-9-27-20/h1-11,13-15H,12H2,(H,30,32). The lowest BCUT2D eigenvalue weighted by atomic mass is 10.1. The van der Waals surface area contributed by atoms with E-state index in [0.29, 0.717) is 34.9 Å². The number of aromatic nitrogens is 5. The molecule has 0 aliphatic heterocycles. The number of fused-ring (bicyclic) bond motifs is 1. The first-order valence-electron chi connectivity index (χ1n) is 9.90. The highest BCUT2D eigenvalue weighted by Gasteiger charge is 2.11. The molecule has 0 fully saturated rings. The number of hydrogen-bond acceptors (Lipinski definition) is 5. The molecule has 2 aromatic carbocycles. The van der Waals surface area contributed by atoms with Gasteiger partial charge in [0.1, 0.15) is 11.6 Å². The number of nitrogens with one attached hydrogen (secondary N) is 1. The number of benzene rings is 2. The normalized spacial score (nSPS) is 10.9. The van der Waals surface area contributed by atoms with Crippen molar-refractivity contribution in [1.82, 2.24) is 29.7 Å². The Morgan fingerprint density at radius 3 is 2.56 bits per heavy atom. The molecule has 0 aliphatic rings. The van der Waals surface area contributed by atoms with Crippen molar-refractivity contribution in [2.45, 2.75) is 6.54 Å². The molecule has 32 heavy (non-hydrogen) atoms. The van der Waals surface area contributed by atoms with Gasteiger partial charge < -0.3 is 5.32 Å². The van der Waals surface area contributed by atoms with E-state index in [1.807, 2.05) is 28.8 Å². The first-order chi connectivity index (χ1) is 15.7. The van der Waals surface area contributed by atoms with Gasteiger partial charge in [-0.25, -0.2) is 9.37 Å². The van der Waals surface area contributed by atoms with Crippen LogP contribution in [0, 0.1) is 5.82 Å². The molecular formula is C24H17FN6O. The van der Waals surface area contributed by atoms with Crippen LogP contribution >= 0.6 is 0 Å². The molecule has 0 atom stereocenters. The van der Waals surface area contributed by atoms with Crippen molar-refractivity contribution in [3.63, 3.8) is 0 Å². The lowest BCUT2D eigenvalue weighted by molar-refractivity contribution is 0.0950. The van der Waals surface area contributed by atoms with Crippen LogP contribution < -0.4 is 5.32 Å². The first-order valence-corrected chi connectivity index (χ1v) is 9.90. The second-order valence-electron chi connectivity index (χ2n) is 7.12. The van der Waals surface area contributed by atoms with Gasteiger partial charge >= 0.3 is 0 Å². The summed E-state index contributed by atoms with van der Waals surface area (Å²) in [5, 5.41) is 2.83. The molecule has 0 bridgehead atoms. The number of nitrogens with zero attached hydrogens (tertiary/aromatic N) is 5. The average molecular weight is 424 g/mol.